The van der Waals surface area contributed by atoms with Gasteiger partial charge in [-0.05, 0) is 49.2 Å². The fraction of sp³-hybridized carbons (Fsp3) is 0.429. The van der Waals surface area contributed by atoms with Crippen molar-refractivity contribution in [3.05, 3.63) is 53.2 Å². The molecule has 0 atom stereocenters. The summed E-state index contributed by atoms with van der Waals surface area (Å²) in [5, 5.41) is 14.2. The SMILES string of the molecule is O=C(Nc1ccc(C(=O)N2CC3(CCNCC3)C2)nn1)N1Cc2ccccc2C1. The fourth-order valence-corrected chi connectivity index (χ4v) is 4.52. The quantitative estimate of drug-likeness (QED) is 0.814. The summed E-state index contributed by atoms with van der Waals surface area (Å²) >= 11 is 0. The normalized spacial score (nSPS) is 19.6. The van der Waals surface area contributed by atoms with Gasteiger partial charge >= 0.3 is 6.03 Å². The zero-order valence-electron chi connectivity index (χ0n) is 16.2. The molecule has 3 amide bonds. The van der Waals surface area contributed by atoms with Gasteiger partial charge in [0, 0.05) is 31.6 Å². The molecule has 0 aliphatic carbocycles. The maximum Gasteiger partial charge on any atom is 0.323 e. The van der Waals surface area contributed by atoms with Gasteiger partial charge in [0.1, 0.15) is 0 Å². The van der Waals surface area contributed by atoms with E-state index < -0.39 is 0 Å². The Morgan fingerprint density at radius 3 is 2.24 bits per heavy atom. The number of hydrogen-bond donors (Lipinski definition) is 2. The standard InChI is InChI=1S/C21H24N6O2/c28-19(27-13-21(14-27)7-9-22-10-8-21)17-5-6-18(25-24-17)23-20(29)26-11-15-3-1-2-4-16(15)12-26/h1-6,22H,7-14H2,(H,23,25,29). The molecule has 29 heavy (non-hydrogen) atoms. The summed E-state index contributed by atoms with van der Waals surface area (Å²) in [6, 6.07) is 11.1. The van der Waals surface area contributed by atoms with Crippen molar-refractivity contribution < 1.29 is 9.59 Å². The minimum absolute atomic E-state index is 0.0884. The van der Waals surface area contributed by atoms with Crippen molar-refractivity contribution in [1.82, 2.24) is 25.3 Å². The van der Waals surface area contributed by atoms with Gasteiger partial charge in [-0.3, -0.25) is 10.1 Å². The number of urea groups is 1. The summed E-state index contributed by atoms with van der Waals surface area (Å²) in [6.45, 7) is 4.81. The van der Waals surface area contributed by atoms with Crippen LogP contribution in [0.5, 0.6) is 0 Å². The van der Waals surface area contributed by atoms with Crippen LogP contribution in [0, 0.1) is 5.41 Å². The summed E-state index contributed by atoms with van der Waals surface area (Å²) in [5.74, 6) is 0.260. The summed E-state index contributed by atoms with van der Waals surface area (Å²) in [6.07, 6.45) is 2.24. The predicted molar refractivity (Wildman–Crippen MR) is 107 cm³/mol. The van der Waals surface area contributed by atoms with E-state index in [0.717, 1.165) is 50.1 Å². The first kappa shape index (κ1) is 18.1. The number of fused-ring (bicyclic) bond motifs is 1. The van der Waals surface area contributed by atoms with Crippen LogP contribution in [0.3, 0.4) is 0 Å². The van der Waals surface area contributed by atoms with Crippen LogP contribution in [0.4, 0.5) is 10.6 Å². The largest absolute Gasteiger partial charge is 0.336 e. The van der Waals surface area contributed by atoms with Crippen molar-refractivity contribution in [3.63, 3.8) is 0 Å². The smallest absolute Gasteiger partial charge is 0.323 e. The molecule has 1 aromatic heterocycles. The second-order valence-corrected chi connectivity index (χ2v) is 8.27. The van der Waals surface area contributed by atoms with Gasteiger partial charge in [-0.1, -0.05) is 24.3 Å². The lowest BCUT2D eigenvalue weighted by Crippen LogP contribution is -2.61. The molecule has 0 unspecified atom stereocenters. The minimum atomic E-state index is -0.217. The number of hydrogen-bond acceptors (Lipinski definition) is 5. The molecular weight excluding hydrogens is 368 g/mol. The molecule has 3 aliphatic heterocycles. The number of aromatic nitrogens is 2. The van der Waals surface area contributed by atoms with E-state index in [1.165, 1.54) is 0 Å². The zero-order chi connectivity index (χ0) is 19.8. The molecule has 0 radical (unpaired) electrons. The number of piperidine rings is 1. The monoisotopic (exact) mass is 392 g/mol. The summed E-state index contributed by atoms with van der Waals surface area (Å²) in [5.41, 5.74) is 2.93. The van der Waals surface area contributed by atoms with E-state index >= 15 is 0 Å². The third-order valence-corrected chi connectivity index (χ3v) is 6.25. The molecule has 2 fully saturated rings. The fourth-order valence-electron chi connectivity index (χ4n) is 4.52. The number of carbonyl (C=O) groups excluding carboxylic acids is 2. The predicted octanol–water partition coefficient (Wildman–Crippen LogP) is 1.85. The third kappa shape index (κ3) is 3.44. The van der Waals surface area contributed by atoms with Crippen molar-refractivity contribution >= 4 is 17.8 Å². The average molecular weight is 392 g/mol. The minimum Gasteiger partial charge on any atom is -0.336 e. The van der Waals surface area contributed by atoms with Gasteiger partial charge in [0.05, 0.1) is 0 Å². The molecule has 3 aliphatic rings. The lowest BCUT2D eigenvalue weighted by atomic mass is 9.72. The molecule has 150 valence electrons. The van der Waals surface area contributed by atoms with Crippen molar-refractivity contribution in [3.8, 4) is 0 Å². The first-order valence-corrected chi connectivity index (χ1v) is 10.1. The highest BCUT2D eigenvalue weighted by Crippen LogP contribution is 2.39. The van der Waals surface area contributed by atoms with Crippen molar-refractivity contribution in [2.45, 2.75) is 25.9 Å². The molecule has 1 spiro atoms. The number of amides is 3. The van der Waals surface area contributed by atoms with Gasteiger partial charge in [0.15, 0.2) is 11.5 Å². The lowest BCUT2D eigenvalue weighted by Gasteiger charge is -2.52. The molecular formula is C21H24N6O2. The number of likely N-dealkylation sites (tertiary alicyclic amines) is 1. The summed E-state index contributed by atoms with van der Waals surface area (Å²) in [7, 11) is 0. The maximum atomic E-state index is 12.6. The Morgan fingerprint density at radius 2 is 1.62 bits per heavy atom. The Balaban J connectivity index is 1.17. The molecule has 2 N–H and O–H groups in total. The molecule has 0 bridgehead atoms. The number of nitrogens with zero attached hydrogens (tertiary/aromatic N) is 4. The highest BCUT2D eigenvalue weighted by Gasteiger charge is 2.45. The molecule has 2 saturated heterocycles. The van der Waals surface area contributed by atoms with Gasteiger partial charge in [-0.2, -0.15) is 0 Å². The highest BCUT2D eigenvalue weighted by molar-refractivity contribution is 5.93. The molecule has 1 aromatic carbocycles. The Bertz CT molecular complexity index is 905. The van der Waals surface area contributed by atoms with E-state index in [-0.39, 0.29) is 17.4 Å². The van der Waals surface area contributed by atoms with E-state index in [9.17, 15) is 9.59 Å². The second kappa shape index (κ2) is 7.11. The molecule has 8 heteroatoms. The Morgan fingerprint density at radius 1 is 0.931 bits per heavy atom. The highest BCUT2D eigenvalue weighted by atomic mass is 16.2. The van der Waals surface area contributed by atoms with Gasteiger partial charge in [-0.25, -0.2) is 4.79 Å². The number of benzene rings is 1. The maximum absolute atomic E-state index is 12.6. The van der Waals surface area contributed by atoms with E-state index in [4.69, 9.17) is 0 Å². The van der Waals surface area contributed by atoms with Crippen LogP contribution >= 0.6 is 0 Å². The van der Waals surface area contributed by atoms with Crippen LogP contribution in [0.25, 0.3) is 0 Å². The van der Waals surface area contributed by atoms with Crippen LogP contribution < -0.4 is 10.6 Å². The number of nitrogens with one attached hydrogen (secondary N) is 2. The lowest BCUT2D eigenvalue weighted by molar-refractivity contribution is -0.0118. The number of rotatable bonds is 2. The average Bonchev–Trinajstić information content (AvgIpc) is 3.17. The summed E-state index contributed by atoms with van der Waals surface area (Å²) < 4.78 is 0. The molecule has 8 nitrogen and oxygen atoms in total. The first-order valence-electron chi connectivity index (χ1n) is 10.1. The Hall–Kier alpha value is -3.00. The van der Waals surface area contributed by atoms with Crippen molar-refractivity contribution in [1.29, 1.82) is 0 Å². The molecule has 5 rings (SSSR count). The van der Waals surface area contributed by atoms with Crippen LogP contribution in [-0.2, 0) is 13.1 Å². The van der Waals surface area contributed by atoms with Crippen LogP contribution in [-0.4, -0.2) is 58.1 Å². The van der Waals surface area contributed by atoms with Gasteiger partial charge in [-0.15, -0.1) is 10.2 Å². The van der Waals surface area contributed by atoms with Crippen molar-refractivity contribution in [2.24, 2.45) is 5.41 Å². The van der Waals surface area contributed by atoms with Crippen LogP contribution in [0.2, 0.25) is 0 Å². The van der Waals surface area contributed by atoms with E-state index in [2.05, 4.69) is 20.8 Å². The van der Waals surface area contributed by atoms with Gasteiger partial charge in [0.25, 0.3) is 5.91 Å². The van der Waals surface area contributed by atoms with Crippen LogP contribution in [0.15, 0.2) is 36.4 Å². The Kier molecular flexibility index (Phi) is 4.43. The zero-order valence-corrected chi connectivity index (χ0v) is 16.2. The van der Waals surface area contributed by atoms with Crippen molar-refractivity contribution in [2.75, 3.05) is 31.5 Å². The third-order valence-electron chi connectivity index (χ3n) is 6.25. The molecule has 2 aromatic rings. The molecule has 4 heterocycles. The van der Waals surface area contributed by atoms with E-state index in [1.54, 1.807) is 17.0 Å². The Labute approximate surface area is 169 Å². The summed E-state index contributed by atoms with van der Waals surface area (Å²) in [4.78, 5) is 28.7. The van der Waals surface area contributed by atoms with Gasteiger partial charge in [0.2, 0.25) is 0 Å². The first-order chi connectivity index (χ1) is 14.1. The van der Waals surface area contributed by atoms with Crippen LogP contribution in [0.1, 0.15) is 34.5 Å². The van der Waals surface area contributed by atoms with Gasteiger partial charge < -0.3 is 15.1 Å². The van der Waals surface area contributed by atoms with E-state index in [1.807, 2.05) is 29.2 Å². The topological polar surface area (TPSA) is 90.5 Å². The second-order valence-electron chi connectivity index (χ2n) is 8.27. The molecule has 0 saturated carbocycles. The number of carbonyl (C=O) groups is 2. The number of anilines is 1. The van der Waals surface area contributed by atoms with E-state index in [0.29, 0.717) is 24.6 Å².